The average molecular weight is 339 g/mol. The molecule has 2 aromatic rings. The van der Waals surface area contributed by atoms with E-state index < -0.39 is 0 Å². The molecule has 4 rings (SSSR count). The van der Waals surface area contributed by atoms with Crippen LogP contribution >= 0.6 is 0 Å². The number of carbonyl (C=O) groups excluding carboxylic acids is 1. The topological polar surface area (TPSA) is 64.6 Å². The highest BCUT2D eigenvalue weighted by Crippen LogP contribution is 2.32. The van der Waals surface area contributed by atoms with E-state index in [1.54, 1.807) is 30.9 Å². The van der Waals surface area contributed by atoms with Crippen LogP contribution in [0.3, 0.4) is 0 Å². The molecule has 0 bridgehead atoms. The van der Waals surface area contributed by atoms with E-state index in [4.69, 9.17) is 9.47 Å². The molecule has 2 aliphatic rings. The van der Waals surface area contributed by atoms with Crippen LogP contribution < -0.4 is 4.74 Å². The molecular formula is C19H21N3O3. The Bertz CT molecular complexity index is 710. The summed E-state index contributed by atoms with van der Waals surface area (Å²) in [5, 5.41) is 0. The lowest BCUT2D eigenvalue weighted by Gasteiger charge is -2.35. The van der Waals surface area contributed by atoms with Crippen molar-refractivity contribution in [1.29, 1.82) is 0 Å². The van der Waals surface area contributed by atoms with Gasteiger partial charge >= 0.3 is 0 Å². The minimum atomic E-state index is 0.0502. The van der Waals surface area contributed by atoms with Gasteiger partial charge in [0.05, 0.1) is 30.0 Å². The number of amides is 1. The van der Waals surface area contributed by atoms with Crippen molar-refractivity contribution >= 4 is 5.91 Å². The summed E-state index contributed by atoms with van der Waals surface area (Å²) in [6.45, 7) is 1.25. The molecule has 0 N–H and O–H groups in total. The highest BCUT2D eigenvalue weighted by molar-refractivity contribution is 5.94. The van der Waals surface area contributed by atoms with Crippen LogP contribution in [-0.4, -0.2) is 52.2 Å². The van der Waals surface area contributed by atoms with Crippen molar-refractivity contribution in [3.8, 4) is 5.75 Å². The number of pyridine rings is 2. The van der Waals surface area contributed by atoms with E-state index in [-0.39, 0.29) is 24.2 Å². The van der Waals surface area contributed by atoms with Gasteiger partial charge in [0.15, 0.2) is 0 Å². The van der Waals surface area contributed by atoms with Crippen molar-refractivity contribution in [1.82, 2.24) is 14.9 Å². The van der Waals surface area contributed by atoms with Gasteiger partial charge in [-0.1, -0.05) is 0 Å². The Hall–Kier alpha value is -2.47. The quantitative estimate of drug-likeness (QED) is 0.855. The molecule has 130 valence electrons. The fourth-order valence-electron chi connectivity index (χ4n) is 3.65. The first-order valence-corrected chi connectivity index (χ1v) is 8.70. The molecule has 2 fully saturated rings. The van der Waals surface area contributed by atoms with Gasteiger partial charge in [0.1, 0.15) is 12.4 Å². The van der Waals surface area contributed by atoms with Crippen molar-refractivity contribution in [2.75, 3.05) is 13.2 Å². The van der Waals surface area contributed by atoms with Crippen LogP contribution in [0.1, 0.15) is 29.6 Å². The molecule has 3 atom stereocenters. The first-order valence-electron chi connectivity index (χ1n) is 8.70. The summed E-state index contributed by atoms with van der Waals surface area (Å²) in [5.74, 6) is 0.808. The Morgan fingerprint density at radius 2 is 2.00 bits per heavy atom. The fourth-order valence-corrected chi connectivity index (χ4v) is 3.65. The number of carbonyl (C=O) groups is 1. The summed E-state index contributed by atoms with van der Waals surface area (Å²) in [7, 11) is 0. The van der Waals surface area contributed by atoms with Gasteiger partial charge in [-0.2, -0.15) is 0 Å². The molecule has 25 heavy (non-hydrogen) atoms. The van der Waals surface area contributed by atoms with Crippen LogP contribution in [0.5, 0.6) is 5.75 Å². The van der Waals surface area contributed by atoms with E-state index in [1.807, 2.05) is 23.1 Å². The van der Waals surface area contributed by atoms with Crippen LogP contribution in [0.15, 0.2) is 49.1 Å². The predicted octanol–water partition coefficient (Wildman–Crippen LogP) is 2.32. The van der Waals surface area contributed by atoms with Gasteiger partial charge in [-0.3, -0.25) is 14.8 Å². The summed E-state index contributed by atoms with van der Waals surface area (Å²) in [6, 6.07) is 7.51. The maximum atomic E-state index is 12.7. The lowest BCUT2D eigenvalue weighted by molar-refractivity contribution is -0.0802. The second-order valence-electron chi connectivity index (χ2n) is 6.47. The summed E-state index contributed by atoms with van der Waals surface area (Å²) in [4.78, 5) is 22.7. The molecule has 2 saturated heterocycles. The maximum absolute atomic E-state index is 12.7. The third kappa shape index (κ3) is 3.49. The molecule has 0 aromatic carbocycles. The van der Waals surface area contributed by atoms with Crippen molar-refractivity contribution in [3.63, 3.8) is 0 Å². The van der Waals surface area contributed by atoms with Crippen LogP contribution in [-0.2, 0) is 4.74 Å². The van der Waals surface area contributed by atoms with Gasteiger partial charge in [-0.05, 0) is 43.5 Å². The van der Waals surface area contributed by atoms with Gasteiger partial charge in [0.2, 0.25) is 0 Å². The van der Waals surface area contributed by atoms with Gasteiger partial charge in [-0.25, -0.2) is 0 Å². The molecule has 0 unspecified atom stereocenters. The summed E-state index contributed by atoms with van der Waals surface area (Å²) in [6.07, 6.45) is 9.60. The highest BCUT2D eigenvalue weighted by Gasteiger charge is 2.42. The number of hydrogen-bond donors (Lipinski definition) is 0. The second-order valence-corrected chi connectivity index (χ2v) is 6.47. The maximum Gasteiger partial charge on any atom is 0.255 e. The number of rotatable bonds is 4. The van der Waals surface area contributed by atoms with Gasteiger partial charge in [-0.15, -0.1) is 0 Å². The van der Waals surface area contributed by atoms with E-state index in [1.165, 1.54) is 0 Å². The molecule has 4 heterocycles. The number of likely N-dealkylation sites (tertiary alicyclic amines) is 1. The number of ether oxygens (including phenoxy) is 2. The predicted molar refractivity (Wildman–Crippen MR) is 91.3 cm³/mol. The Morgan fingerprint density at radius 3 is 2.76 bits per heavy atom. The standard InChI is InChI=1S/C19H21N3O3/c23-19(14-3-1-8-20-11-14)22-10-7-18-17(22)6-5-16(25-18)13-24-15-4-2-9-21-12-15/h1-4,8-9,11-12,16-18H,5-7,10,13H2/t16-,17-,18-/m0/s1. The molecule has 0 saturated carbocycles. The number of nitrogens with zero attached hydrogens (tertiary/aromatic N) is 3. The molecule has 2 aromatic heterocycles. The van der Waals surface area contributed by atoms with Crippen molar-refractivity contribution in [3.05, 3.63) is 54.6 Å². The molecule has 1 amide bonds. The summed E-state index contributed by atoms with van der Waals surface area (Å²) in [5.41, 5.74) is 0.644. The third-order valence-corrected chi connectivity index (χ3v) is 4.88. The Morgan fingerprint density at radius 1 is 1.16 bits per heavy atom. The Kier molecular flexibility index (Phi) is 4.61. The summed E-state index contributed by atoms with van der Waals surface area (Å²) < 4.78 is 12.0. The molecule has 0 radical (unpaired) electrons. The summed E-state index contributed by atoms with van der Waals surface area (Å²) >= 11 is 0. The zero-order chi connectivity index (χ0) is 17.1. The molecule has 6 heteroatoms. The smallest absolute Gasteiger partial charge is 0.255 e. The van der Waals surface area contributed by atoms with Gasteiger partial charge in [0, 0.05) is 25.1 Å². The zero-order valence-electron chi connectivity index (χ0n) is 14.0. The minimum Gasteiger partial charge on any atom is -0.489 e. The molecule has 6 nitrogen and oxygen atoms in total. The van der Waals surface area contributed by atoms with Crippen molar-refractivity contribution < 1.29 is 14.3 Å². The zero-order valence-corrected chi connectivity index (χ0v) is 14.0. The fraction of sp³-hybridized carbons (Fsp3) is 0.421. The Balaban J connectivity index is 1.34. The monoisotopic (exact) mass is 339 g/mol. The average Bonchev–Trinajstić information content (AvgIpc) is 3.10. The first kappa shape index (κ1) is 16.0. The van der Waals surface area contributed by atoms with E-state index in [0.717, 1.165) is 31.6 Å². The first-order chi connectivity index (χ1) is 12.3. The minimum absolute atomic E-state index is 0.0502. The lowest BCUT2D eigenvalue weighted by atomic mass is 9.99. The molecule has 0 spiro atoms. The van der Waals surface area contributed by atoms with E-state index in [2.05, 4.69) is 9.97 Å². The lowest BCUT2D eigenvalue weighted by Crippen LogP contribution is -2.46. The van der Waals surface area contributed by atoms with Crippen molar-refractivity contribution in [2.24, 2.45) is 0 Å². The van der Waals surface area contributed by atoms with E-state index >= 15 is 0 Å². The number of hydrogen-bond acceptors (Lipinski definition) is 5. The van der Waals surface area contributed by atoms with Crippen LogP contribution in [0.4, 0.5) is 0 Å². The van der Waals surface area contributed by atoms with Crippen LogP contribution in [0.2, 0.25) is 0 Å². The molecule has 2 aliphatic heterocycles. The van der Waals surface area contributed by atoms with Crippen LogP contribution in [0, 0.1) is 0 Å². The van der Waals surface area contributed by atoms with Gasteiger partial charge in [0.25, 0.3) is 5.91 Å². The Labute approximate surface area is 146 Å². The SMILES string of the molecule is O=C(c1cccnc1)N1CC[C@@H]2O[C@H](COc3cccnc3)CC[C@@H]21. The van der Waals surface area contributed by atoms with Crippen molar-refractivity contribution in [2.45, 2.75) is 37.5 Å². The third-order valence-electron chi connectivity index (χ3n) is 4.88. The number of aromatic nitrogens is 2. The van der Waals surface area contributed by atoms with E-state index in [0.29, 0.717) is 12.2 Å². The van der Waals surface area contributed by atoms with Gasteiger partial charge < -0.3 is 14.4 Å². The van der Waals surface area contributed by atoms with Crippen LogP contribution in [0.25, 0.3) is 0 Å². The molecule has 0 aliphatic carbocycles. The molecular weight excluding hydrogens is 318 g/mol. The largest absolute Gasteiger partial charge is 0.489 e. The van der Waals surface area contributed by atoms with E-state index in [9.17, 15) is 4.79 Å². The second kappa shape index (κ2) is 7.19. The number of fused-ring (bicyclic) bond motifs is 1. The highest BCUT2D eigenvalue weighted by atomic mass is 16.5. The normalized spacial score (nSPS) is 25.4.